The summed E-state index contributed by atoms with van der Waals surface area (Å²) in [7, 11) is 1.59. The molecule has 90 valence electrons. The van der Waals surface area contributed by atoms with Crippen molar-refractivity contribution in [1.82, 2.24) is 15.2 Å². The minimum Gasteiger partial charge on any atom is -0.460 e. The third kappa shape index (κ3) is 3.95. The van der Waals surface area contributed by atoms with E-state index >= 15 is 0 Å². The summed E-state index contributed by atoms with van der Waals surface area (Å²) in [5.41, 5.74) is 0. The van der Waals surface area contributed by atoms with Gasteiger partial charge in [-0.25, -0.2) is 9.78 Å². The fourth-order valence-electron chi connectivity index (χ4n) is 0.958. The lowest BCUT2D eigenvalue weighted by molar-refractivity contribution is 0.0509. The van der Waals surface area contributed by atoms with E-state index in [4.69, 9.17) is 14.2 Å². The zero-order valence-electron chi connectivity index (χ0n) is 9.36. The second-order valence-corrected chi connectivity index (χ2v) is 2.87. The van der Waals surface area contributed by atoms with Gasteiger partial charge in [0.2, 0.25) is 0 Å². The molecule has 1 N–H and O–H groups in total. The number of ether oxygens (including phenoxy) is 3. The molecule has 16 heavy (non-hydrogen) atoms. The zero-order valence-corrected chi connectivity index (χ0v) is 9.36. The Balaban J connectivity index is 2.36. The zero-order chi connectivity index (χ0) is 11.8. The topological polar surface area (TPSA) is 86.3 Å². The summed E-state index contributed by atoms with van der Waals surface area (Å²) in [6, 6.07) is 0. The van der Waals surface area contributed by atoms with Gasteiger partial charge in [-0.2, -0.15) is 0 Å². The lowest BCUT2D eigenvalue weighted by atomic mass is 10.6. The molecule has 0 bridgehead atoms. The normalized spacial score (nSPS) is 10.4. The highest BCUT2D eigenvalue weighted by molar-refractivity contribution is 5.84. The minimum absolute atomic E-state index is 0.0205. The summed E-state index contributed by atoms with van der Waals surface area (Å²) in [5.74, 6) is -0.0340. The van der Waals surface area contributed by atoms with Crippen molar-refractivity contribution < 1.29 is 19.0 Å². The Morgan fingerprint density at radius 3 is 2.94 bits per heavy atom. The number of carbonyl (C=O) groups excluding carboxylic acids is 1. The lowest BCUT2D eigenvalue weighted by Gasteiger charge is -1.99. The Hall–Kier alpha value is -1.47. The van der Waals surface area contributed by atoms with Crippen molar-refractivity contribution in [3.63, 3.8) is 0 Å². The molecular weight excluding hydrogens is 214 g/mol. The van der Waals surface area contributed by atoms with Crippen LogP contribution in [0.25, 0.3) is 0 Å². The van der Waals surface area contributed by atoms with Crippen molar-refractivity contribution in [2.75, 3.05) is 26.9 Å². The number of methoxy groups -OCH3 is 1. The summed E-state index contributed by atoms with van der Waals surface area (Å²) in [5, 5.41) is 6.31. The van der Waals surface area contributed by atoms with Crippen molar-refractivity contribution in [3.05, 3.63) is 11.6 Å². The molecule has 0 atom stereocenters. The van der Waals surface area contributed by atoms with Crippen LogP contribution in [0.15, 0.2) is 0 Å². The summed E-state index contributed by atoms with van der Waals surface area (Å²) in [4.78, 5) is 15.1. The number of nitrogens with zero attached hydrogens (tertiary/aromatic N) is 2. The second-order valence-electron chi connectivity index (χ2n) is 2.87. The van der Waals surface area contributed by atoms with Crippen LogP contribution in [-0.4, -0.2) is 48.1 Å². The Morgan fingerprint density at radius 1 is 1.44 bits per heavy atom. The molecule has 0 aromatic carbocycles. The maximum atomic E-state index is 11.2. The summed E-state index contributed by atoms with van der Waals surface area (Å²) in [6.07, 6.45) is 0. The van der Waals surface area contributed by atoms with E-state index in [1.165, 1.54) is 0 Å². The van der Waals surface area contributed by atoms with E-state index in [-0.39, 0.29) is 12.4 Å². The van der Waals surface area contributed by atoms with E-state index in [0.29, 0.717) is 25.6 Å². The smallest absolute Gasteiger partial charge is 0.378 e. The van der Waals surface area contributed by atoms with Crippen molar-refractivity contribution in [2.45, 2.75) is 13.5 Å². The fourth-order valence-corrected chi connectivity index (χ4v) is 0.958. The van der Waals surface area contributed by atoms with Crippen LogP contribution in [0.2, 0.25) is 0 Å². The summed E-state index contributed by atoms with van der Waals surface area (Å²) < 4.78 is 14.8. The van der Waals surface area contributed by atoms with E-state index in [2.05, 4.69) is 15.2 Å². The molecule has 1 aromatic heterocycles. The highest BCUT2D eigenvalue weighted by Gasteiger charge is 2.12. The van der Waals surface area contributed by atoms with Crippen LogP contribution in [0, 0.1) is 0 Å². The van der Waals surface area contributed by atoms with Crippen molar-refractivity contribution in [3.8, 4) is 0 Å². The molecule has 0 aliphatic rings. The SMILES string of the molecule is CCOC(=O)c1n[nH]c(COCCOC)n1. The summed E-state index contributed by atoms with van der Waals surface area (Å²) in [6.45, 7) is 3.26. The number of rotatable bonds is 7. The number of H-pyrrole nitrogens is 1. The van der Waals surface area contributed by atoms with Crippen LogP contribution in [0.4, 0.5) is 0 Å². The van der Waals surface area contributed by atoms with Crippen molar-refractivity contribution in [2.24, 2.45) is 0 Å². The number of aromatic nitrogens is 3. The predicted molar refractivity (Wildman–Crippen MR) is 53.9 cm³/mol. The predicted octanol–water partition coefficient (Wildman–Crippen LogP) is 0.144. The first kappa shape index (κ1) is 12.6. The molecule has 0 aliphatic carbocycles. The molecule has 0 fully saturated rings. The Kier molecular flexibility index (Phi) is 5.44. The molecule has 0 saturated heterocycles. The monoisotopic (exact) mass is 229 g/mol. The van der Waals surface area contributed by atoms with Gasteiger partial charge in [-0.1, -0.05) is 0 Å². The van der Waals surface area contributed by atoms with Gasteiger partial charge in [0, 0.05) is 7.11 Å². The average Bonchev–Trinajstić information content (AvgIpc) is 2.73. The molecule has 7 nitrogen and oxygen atoms in total. The van der Waals surface area contributed by atoms with Gasteiger partial charge in [-0.15, -0.1) is 5.10 Å². The van der Waals surface area contributed by atoms with Crippen LogP contribution in [0.1, 0.15) is 23.4 Å². The molecule has 1 heterocycles. The molecule has 0 aliphatic heterocycles. The van der Waals surface area contributed by atoms with Crippen molar-refractivity contribution >= 4 is 5.97 Å². The van der Waals surface area contributed by atoms with Gasteiger partial charge in [0.15, 0.2) is 5.82 Å². The molecule has 0 radical (unpaired) electrons. The minimum atomic E-state index is -0.540. The van der Waals surface area contributed by atoms with Crippen LogP contribution in [0.3, 0.4) is 0 Å². The third-order valence-corrected chi connectivity index (χ3v) is 1.66. The van der Waals surface area contributed by atoms with Crippen LogP contribution in [0.5, 0.6) is 0 Å². The van der Waals surface area contributed by atoms with E-state index < -0.39 is 5.97 Å². The number of carbonyl (C=O) groups is 1. The number of aromatic amines is 1. The molecule has 0 spiro atoms. The number of hydrogen-bond acceptors (Lipinski definition) is 6. The Bertz CT molecular complexity index is 326. The Morgan fingerprint density at radius 2 is 2.25 bits per heavy atom. The van der Waals surface area contributed by atoms with Gasteiger partial charge in [0.1, 0.15) is 6.61 Å². The first-order valence-electron chi connectivity index (χ1n) is 4.93. The second kappa shape index (κ2) is 6.91. The number of nitrogens with one attached hydrogen (secondary N) is 1. The average molecular weight is 229 g/mol. The molecule has 1 aromatic rings. The highest BCUT2D eigenvalue weighted by atomic mass is 16.5. The maximum Gasteiger partial charge on any atom is 0.378 e. The molecular formula is C9H15N3O4. The summed E-state index contributed by atoms with van der Waals surface area (Å²) >= 11 is 0. The number of hydrogen-bond donors (Lipinski definition) is 1. The van der Waals surface area contributed by atoms with Gasteiger partial charge < -0.3 is 14.2 Å². The van der Waals surface area contributed by atoms with E-state index in [1.807, 2.05) is 0 Å². The van der Waals surface area contributed by atoms with Crippen molar-refractivity contribution in [1.29, 1.82) is 0 Å². The van der Waals surface area contributed by atoms with E-state index in [1.54, 1.807) is 14.0 Å². The third-order valence-electron chi connectivity index (χ3n) is 1.66. The van der Waals surface area contributed by atoms with E-state index in [0.717, 1.165) is 0 Å². The van der Waals surface area contributed by atoms with Gasteiger partial charge >= 0.3 is 5.97 Å². The van der Waals surface area contributed by atoms with Crippen LogP contribution < -0.4 is 0 Å². The molecule has 0 unspecified atom stereocenters. The maximum absolute atomic E-state index is 11.2. The molecule has 0 amide bonds. The largest absolute Gasteiger partial charge is 0.460 e. The van der Waals surface area contributed by atoms with E-state index in [9.17, 15) is 4.79 Å². The first-order chi connectivity index (χ1) is 7.77. The standard InChI is InChI=1S/C9H15N3O4/c1-3-16-9(13)8-10-7(11-12-8)6-15-5-4-14-2/h3-6H2,1-2H3,(H,10,11,12). The Labute approximate surface area is 93.1 Å². The lowest BCUT2D eigenvalue weighted by Crippen LogP contribution is -2.07. The van der Waals surface area contributed by atoms with Gasteiger partial charge in [-0.3, -0.25) is 5.10 Å². The highest BCUT2D eigenvalue weighted by Crippen LogP contribution is 1.97. The van der Waals surface area contributed by atoms with Crippen LogP contribution >= 0.6 is 0 Å². The molecule has 7 heteroatoms. The fraction of sp³-hybridized carbons (Fsp3) is 0.667. The number of esters is 1. The molecule has 0 saturated carbocycles. The van der Waals surface area contributed by atoms with Crippen LogP contribution in [-0.2, 0) is 20.8 Å². The quantitative estimate of drug-likeness (QED) is 0.529. The first-order valence-corrected chi connectivity index (χ1v) is 4.93. The van der Waals surface area contributed by atoms with Gasteiger partial charge in [0.25, 0.3) is 5.82 Å². The molecule has 1 rings (SSSR count). The van der Waals surface area contributed by atoms with Gasteiger partial charge in [0.05, 0.1) is 19.8 Å². The van der Waals surface area contributed by atoms with Gasteiger partial charge in [-0.05, 0) is 6.92 Å².